The molecule has 0 unspecified atom stereocenters. The van der Waals surface area contributed by atoms with Crippen molar-refractivity contribution in [1.82, 2.24) is 0 Å². The van der Waals surface area contributed by atoms with Gasteiger partial charge in [0.2, 0.25) is 0 Å². The lowest BCUT2D eigenvalue weighted by Crippen LogP contribution is -1.99. The van der Waals surface area contributed by atoms with E-state index in [0.717, 1.165) is 19.8 Å². The fourth-order valence-electron chi connectivity index (χ4n) is 1.78. The van der Waals surface area contributed by atoms with E-state index in [-0.39, 0.29) is 5.97 Å². The number of hydrogen-bond donors (Lipinski definition) is 1. The van der Waals surface area contributed by atoms with E-state index in [4.69, 9.17) is 14.6 Å². The molecule has 0 heterocycles. The van der Waals surface area contributed by atoms with Crippen molar-refractivity contribution in [2.45, 2.75) is 78.6 Å². The van der Waals surface area contributed by atoms with Crippen molar-refractivity contribution in [2.24, 2.45) is 0 Å². The molecule has 0 fully saturated rings. The Kier molecular flexibility index (Phi) is 21.0. The second-order valence-electron chi connectivity index (χ2n) is 5.41. The number of carboxylic acids is 1. The molecule has 0 radical (unpaired) electrons. The Morgan fingerprint density at radius 3 is 1.87 bits per heavy atom. The first-order valence-electron chi connectivity index (χ1n) is 8.65. The van der Waals surface area contributed by atoms with Crippen LogP contribution in [0.5, 0.6) is 0 Å². The van der Waals surface area contributed by atoms with Crippen molar-refractivity contribution in [3.8, 4) is 0 Å². The SMILES string of the molecule is CC(=O)O.CCCC/C=C/C=C\CCCCCCCOC(C)=O. The van der Waals surface area contributed by atoms with Crippen LogP contribution in [0.3, 0.4) is 0 Å². The Hall–Kier alpha value is -1.58. The minimum Gasteiger partial charge on any atom is -0.481 e. The molecule has 0 aromatic carbocycles. The molecule has 0 spiro atoms. The van der Waals surface area contributed by atoms with Gasteiger partial charge in [-0.1, -0.05) is 63.3 Å². The quantitative estimate of drug-likeness (QED) is 0.301. The third kappa shape index (κ3) is 33.3. The van der Waals surface area contributed by atoms with Gasteiger partial charge in [-0.05, 0) is 25.7 Å². The fraction of sp³-hybridized carbons (Fsp3) is 0.684. The van der Waals surface area contributed by atoms with Gasteiger partial charge in [-0.15, -0.1) is 0 Å². The monoisotopic (exact) mass is 326 g/mol. The lowest BCUT2D eigenvalue weighted by molar-refractivity contribution is -0.141. The number of ether oxygens (including phenoxy) is 1. The first-order valence-corrected chi connectivity index (χ1v) is 8.65. The highest BCUT2D eigenvalue weighted by Gasteiger charge is 1.93. The molecule has 0 bridgehead atoms. The maximum absolute atomic E-state index is 10.5. The number of esters is 1. The Bertz CT molecular complexity index is 328. The molecular formula is C19H34O4. The van der Waals surface area contributed by atoms with E-state index in [0.29, 0.717) is 6.61 Å². The van der Waals surface area contributed by atoms with Gasteiger partial charge in [0.15, 0.2) is 0 Å². The molecule has 0 aromatic rings. The van der Waals surface area contributed by atoms with E-state index < -0.39 is 5.97 Å². The molecule has 0 aliphatic carbocycles. The molecule has 4 heteroatoms. The minimum atomic E-state index is -0.833. The van der Waals surface area contributed by atoms with Crippen molar-refractivity contribution in [2.75, 3.05) is 6.61 Å². The van der Waals surface area contributed by atoms with E-state index >= 15 is 0 Å². The lowest BCUT2D eigenvalue weighted by atomic mass is 10.1. The predicted octanol–water partition coefficient (Wildman–Crippen LogP) is 5.28. The summed E-state index contributed by atoms with van der Waals surface area (Å²) < 4.78 is 4.88. The molecule has 0 saturated carbocycles. The van der Waals surface area contributed by atoms with Gasteiger partial charge < -0.3 is 9.84 Å². The third-order valence-corrected chi connectivity index (χ3v) is 2.93. The van der Waals surface area contributed by atoms with Crippen molar-refractivity contribution in [1.29, 1.82) is 0 Å². The van der Waals surface area contributed by atoms with E-state index in [2.05, 4.69) is 31.2 Å². The molecule has 23 heavy (non-hydrogen) atoms. The van der Waals surface area contributed by atoms with Crippen LogP contribution in [-0.2, 0) is 14.3 Å². The summed E-state index contributed by atoms with van der Waals surface area (Å²) in [5, 5.41) is 7.42. The molecule has 134 valence electrons. The Morgan fingerprint density at radius 1 is 0.870 bits per heavy atom. The lowest BCUT2D eigenvalue weighted by Gasteiger charge is -2.01. The highest BCUT2D eigenvalue weighted by molar-refractivity contribution is 5.65. The van der Waals surface area contributed by atoms with Gasteiger partial charge in [-0.3, -0.25) is 9.59 Å². The summed E-state index contributed by atoms with van der Waals surface area (Å²) in [4.78, 5) is 19.5. The number of allylic oxidation sites excluding steroid dienone is 4. The van der Waals surface area contributed by atoms with E-state index in [1.54, 1.807) is 0 Å². The van der Waals surface area contributed by atoms with Crippen LogP contribution in [-0.4, -0.2) is 23.7 Å². The second kappa shape index (κ2) is 20.4. The molecule has 0 saturated heterocycles. The number of carboxylic acid groups (broad SMARTS) is 1. The number of carbonyl (C=O) groups is 2. The zero-order valence-corrected chi connectivity index (χ0v) is 15.1. The van der Waals surface area contributed by atoms with Gasteiger partial charge in [-0.2, -0.15) is 0 Å². The number of hydrogen-bond acceptors (Lipinski definition) is 3. The molecule has 0 aliphatic rings. The molecule has 0 rings (SSSR count). The molecule has 0 aromatic heterocycles. The normalized spacial score (nSPS) is 10.6. The van der Waals surface area contributed by atoms with Crippen molar-refractivity contribution < 1.29 is 19.4 Å². The average molecular weight is 326 g/mol. The highest BCUT2D eigenvalue weighted by atomic mass is 16.5. The first kappa shape index (κ1) is 23.7. The van der Waals surface area contributed by atoms with Gasteiger partial charge in [-0.25, -0.2) is 0 Å². The molecule has 0 aliphatic heterocycles. The zero-order valence-electron chi connectivity index (χ0n) is 15.1. The van der Waals surface area contributed by atoms with Crippen molar-refractivity contribution >= 4 is 11.9 Å². The van der Waals surface area contributed by atoms with Crippen LogP contribution in [0, 0.1) is 0 Å². The molecule has 0 amide bonds. The summed E-state index contributed by atoms with van der Waals surface area (Å²) in [6.07, 6.45) is 19.7. The number of rotatable bonds is 12. The summed E-state index contributed by atoms with van der Waals surface area (Å²) in [7, 11) is 0. The number of unbranched alkanes of at least 4 members (excludes halogenated alkanes) is 7. The Labute approximate surface area is 141 Å². The molecular weight excluding hydrogens is 292 g/mol. The topological polar surface area (TPSA) is 63.6 Å². The van der Waals surface area contributed by atoms with Crippen LogP contribution in [0.1, 0.15) is 78.6 Å². The Balaban J connectivity index is 0. The van der Waals surface area contributed by atoms with Crippen LogP contribution < -0.4 is 0 Å². The summed E-state index contributed by atoms with van der Waals surface area (Å²) in [6.45, 7) is 5.34. The van der Waals surface area contributed by atoms with Gasteiger partial charge in [0, 0.05) is 13.8 Å². The molecule has 1 N–H and O–H groups in total. The van der Waals surface area contributed by atoms with Gasteiger partial charge in [0.25, 0.3) is 5.97 Å². The minimum absolute atomic E-state index is 0.169. The number of aliphatic carboxylic acids is 1. The largest absolute Gasteiger partial charge is 0.481 e. The van der Waals surface area contributed by atoms with E-state index in [1.807, 2.05) is 0 Å². The van der Waals surface area contributed by atoms with Crippen LogP contribution in [0.4, 0.5) is 0 Å². The summed E-state index contributed by atoms with van der Waals surface area (Å²) in [5.74, 6) is -1.00. The highest BCUT2D eigenvalue weighted by Crippen LogP contribution is 2.06. The summed E-state index contributed by atoms with van der Waals surface area (Å²) >= 11 is 0. The third-order valence-electron chi connectivity index (χ3n) is 2.93. The van der Waals surface area contributed by atoms with Crippen molar-refractivity contribution in [3.05, 3.63) is 24.3 Å². The van der Waals surface area contributed by atoms with E-state index in [1.165, 1.54) is 51.9 Å². The van der Waals surface area contributed by atoms with Gasteiger partial charge in [0.1, 0.15) is 0 Å². The standard InChI is InChI=1S/C17H30O2.C2H4O2/c1-3-4-5-6-7-8-9-10-11-12-13-14-15-16-19-17(2)18;1-2(3)4/h6-9H,3-5,10-16H2,1-2H3;1H3,(H,3,4)/b7-6+,9-8-;. The maximum atomic E-state index is 10.5. The molecule has 4 nitrogen and oxygen atoms in total. The maximum Gasteiger partial charge on any atom is 0.302 e. The van der Waals surface area contributed by atoms with Crippen LogP contribution in [0.15, 0.2) is 24.3 Å². The van der Waals surface area contributed by atoms with Crippen molar-refractivity contribution in [3.63, 3.8) is 0 Å². The Morgan fingerprint density at radius 2 is 1.35 bits per heavy atom. The van der Waals surface area contributed by atoms with Gasteiger partial charge >= 0.3 is 5.97 Å². The van der Waals surface area contributed by atoms with Crippen LogP contribution >= 0.6 is 0 Å². The molecule has 0 atom stereocenters. The first-order chi connectivity index (χ1) is 11.0. The second-order valence-corrected chi connectivity index (χ2v) is 5.41. The van der Waals surface area contributed by atoms with Crippen LogP contribution in [0.25, 0.3) is 0 Å². The predicted molar refractivity (Wildman–Crippen MR) is 95.4 cm³/mol. The number of carbonyl (C=O) groups excluding carboxylic acids is 1. The zero-order chi connectivity index (χ0) is 17.8. The average Bonchev–Trinajstić information content (AvgIpc) is 2.47. The fourth-order valence-corrected chi connectivity index (χ4v) is 1.78. The van der Waals surface area contributed by atoms with E-state index in [9.17, 15) is 4.79 Å². The summed E-state index contributed by atoms with van der Waals surface area (Å²) in [5.41, 5.74) is 0. The van der Waals surface area contributed by atoms with Gasteiger partial charge in [0.05, 0.1) is 6.61 Å². The van der Waals surface area contributed by atoms with Crippen LogP contribution in [0.2, 0.25) is 0 Å². The summed E-state index contributed by atoms with van der Waals surface area (Å²) in [6, 6.07) is 0. The smallest absolute Gasteiger partial charge is 0.302 e.